The van der Waals surface area contributed by atoms with Crippen LogP contribution in [0.5, 0.6) is 0 Å². The van der Waals surface area contributed by atoms with Crippen LogP contribution in [0.2, 0.25) is 0 Å². The van der Waals surface area contributed by atoms with E-state index in [0.29, 0.717) is 11.6 Å². The third kappa shape index (κ3) is 3.71. The number of hydrazone groups is 1. The van der Waals surface area contributed by atoms with Gasteiger partial charge in [-0.3, -0.25) is 4.79 Å². The van der Waals surface area contributed by atoms with Gasteiger partial charge in [0.1, 0.15) is 5.69 Å². The van der Waals surface area contributed by atoms with E-state index in [1.807, 2.05) is 0 Å². The van der Waals surface area contributed by atoms with E-state index < -0.39 is 5.91 Å². The fraction of sp³-hybridized carbons (Fsp3) is 0.429. The van der Waals surface area contributed by atoms with Crippen LogP contribution in [0.15, 0.2) is 21.9 Å². The van der Waals surface area contributed by atoms with Gasteiger partial charge in [-0.15, -0.1) is 5.10 Å². The summed E-state index contributed by atoms with van der Waals surface area (Å²) in [5.74, 6) is -0.0231. The van der Waals surface area contributed by atoms with Crippen LogP contribution in [-0.2, 0) is 11.3 Å². The van der Waals surface area contributed by atoms with Crippen LogP contribution in [0.1, 0.15) is 35.4 Å². The number of allylic oxidation sites excluding steroid dienone is 2. The maximum Gasteiger partial charge on any atom is 0.293 e. The van der Waals surface area contributed by atoms with Crippen molar-refractivity contribution in [1.82, 2.24) is 30.7 Å². The molecule has 0 bridgehead atoms. The van der Waals surface area contributed by atoms with Gasteiger partial charge in [0.25, 0.3) is 5.91 Å². The van der Waals surface area contributed by atoms with E-state index in [2.05, 4.69) is 47.9 Å². The zero-order chi connectivity index (χ0) is 17.6. The van der Waals surface area contributed by atoms with Crippen molar-refractivity contribution >= 4 is 17.9 Å². The standard InChI is InChI=1S/C14H18N8O3/c1-24-8-10-11(17-21-22(10)13-12(15)19-25-20-13)14(23)18-16-7-9-5-3-2-4-6-9/h2-3,7,9H,4-6,8H2,1H3,(H2,15,19)(H,18,23)/b16-7-/t9-/m0/s1. The van der Waals surface area contributed by atoms with Crippen LogP contribution in [0, 0.1) is 5.92 Å². The van der Waals surface area contributed by atoms with Gasteiger partial charge in [0.2, 0.25) is 11.6 Å². The van der Waals surface area contributed by atoms with Crippen molar-refractivity contribution in [3.8, 4) is 5.82 Å². The normalized spacial score (nSPS) is 17.2. The highest BCUT2D eigenvalue weighted by Crippen LogP contribution is 2.17. The minimum Gasteiger partial charge on any atom is -0.378 e. The first-order valence-electron chi connectivity index (χ1n) is 7.71. The molecule has 11 heteroatoms. The smallest absolute Gasteiger partial charge is 0.293 e. The number of aromatic nitrogens is 5. The van der Waals surface area contributed by atoms with Gasteiger partial charge in [-0.2, -0.15) is 9.78 Å². The first kappa shape index (κ1) is 16.8. The molecule has 0 saturated carbocycles. The van der Waals surface area contributed by atoms with Gasteiger partial charge >= 0.3 is 0 Å². The number of carbonyl (C=O) groups excluding carboxylic acids is 1. The number of methoxy groups -OCH3 is 1. The van der Waals surface area contributed by atoms with Crippen LogP contribution in [0.25, 0.3) is 5.82 Å². The molecule has 2 aromatic heterocycles. The molecule has 1 aliphatic carbocycles. The second-order valence-corrected chi connectivity index (χ2v) is 5.47. The average Bonchev–Trinajstić information content (AvgIpc) is 3.22. The van der Waals surface area contributed by atoms with Crippen LogP contribution in [0.4, 0.5) is 5.82 Å². The summed E-state index contributed by atoms with van der Waals surface area (Å²) in [6, 6.07) is 0. The molecule has 0 saturated heterocycles. The number of nitrogens with two attached hydrogens (primary N) is 1. The number of nitrogens with zero attached hydrogens (tertiary/aromatic N) is 6. The highest BCUT2D eigenvalue weighted by atomic mass is 16.6. The lowest BCUT2D eigenvalue weighted by atomic mass is 9.96. The molecule has 132 valence electrons. The van der Waals surface area contributed by atoms with Crippen molar-refractivity contribution in [1.29, 1.82) is 0 Å². The maximum atomic E-state index is 12.3. The molecule has 0 unspecified atom stereocenters. The molecule has 3 N–H and O–H groups in total. The molecule has 2 aromatic rings. The van der Waals surface area contributed by atoms with Gasteiger partial charge in [0, 0.05) is 13.3 Å². The summed E-state index contributed by atoms with van der Waals surface area (Å²) in [5, 5.41) is 18.9. The fourth-order valence-electron chi connectivity index (χ4n) is 2.46. The van der Waals surface area contributed by atoms with Crippen LogP contribution >= 0.6 is 0 Å². The minimum atomic E-state index is -0.504. The Morgan fingerprint density at radius 1 is 1.56 bits per heavy atom. The van der Waals surface area contributed by atoms with Crippen molar-refractivity contribution in [2.45, 2.75) is 25.9 Å². The molecule has 1 atom stereocenters. The third-order valence-corrected chi connectivity index (χ3v) is 3.72. The van der Waals surface area contributed by atoms with Crippen molar-refractivity contribution in [2.75, 3.05) is 12.8 Å². The number of carbonyl (C=O) groups is 1. The average molecular weight is 346 g/mol. The number of hydrogen-bond acceptors (Lipinski definition) is 9. The Bertz CT molecular complexity index is 794. The summed E-state index contributed by atoms with van der Waals surface area (Å²) < 4.78 is 10.9. The number of rotatable bonds is 6. The number of amides is 1. The van der Waals surface area contributed by atoms with E-state index in [9.17, 15) is 4.79 Å². The van der Waals surface area contributed by atoms with E-state index >= 15 is 0 Å². The van der Waals surface area contributed by atoms with Gasteiger partial charge in [-0.25, -0.2) is 10.1 Å². The third-order valence-electron chi connectivity index (χ3n) is 3.72. The molecule has 0 aromatic carbocycles. The van der Waals surface area contributed by atoms with Crippen LogP contribution < -0.4 is 11.2 Å². The molecule has 1 aliphatic rings. The van der Waals surface area contributed by atoms with Crippen LogP contribution in [-0.4, -0.2) is 44.5 Å². The first-order chi connectivity index (χ1) is 12.2. The zero-order valence-corrected chi connectivity index (χ0v) is 13.6. The van der Waals surface area contributed by atoms with Gasteiger partial charge in [-0.1, -0.05) is 17.4 Å². The number of nitrogen functional groups attached to an aromatic ring is 1. The van der Waals surface area contributed by atoms with Gasteiger partial charge < -0.3 is 10.5 Å². The quantitative estimate of drug-likeness (QED) is 0.435. The predicted molar refractivity (Wildman–Crippen MR) is 86.8 cm³/mol. The summed E-state index contributed by atoms with van der Waals surface area (Å²) in [7, 11) is 1.48. The summed E-state index contributed by atoms with van der Waals surface area (Å²) >= 11 is 0. The molecule has 1 amide bonds. The predicted octanol–water partition coefficient (Wildman–Crippen LogP) is 0.451. The summed E-state index contributed by atoms with van der Waals surface area (Å²) in [6.07, 6.45) is 8.94. The molecule has 0 spiro atoms. The molecule has 0 radical (unpaired) electrons. The lowest BCUT2D eigenvalue weighted by molar-refractivity contribution is 0.0944. The summed E-state index contributed by atoms with van der Waals surface area (Å²) in [5.41, 5.74) is 8.54. The number of ether oxygens (including phenoxy) is 1. The number of hydrogen-bond donors (Lipinski definition) is 2. The SMILES string of the molecule is COCc1c(C(=O)N/N=C\[C@H]2CC=CCC2)nnn1-c1nonc1N. The highest BCUT2D eigenvalue weighted by molar-refractivity contribution is 5.93. The topological polar surface area (TPSA) is 146 Å². The van der Waals surface area contributed by atoms with Crippen molar-refractivity contribution in [3.63, 3.8) is 0 Å². The number of nitrogens with one attached hydrogen (secondary N) is 1. The fourth-order valence-corrected chi connectivity index (χ4v) is 2.46. The van der Waals surface area contributed by atoms with Crippen molar-refractivity contribution in [2.24, 2.45) is 11.0 Å². The summed E-state index contributed by atoms with van der Waals surface area (Å²) in [4.78, 5) is 12.3. The molecular formula is C14H18N8O3. The second-order valence-electron chi connectivity index (χ2n) is 5.47. The monoisotopic (exact) mass is 346 g/mol. The molecule has 25 heavy (non-hydrogen) atoms. The minimum absolute atomic E-state index is 0.0255. The van der Waals surface area contributed by atoms with Gasteiger partial charge in [0.05, 0.1) is 6.61 Å². The van der Waals surface area contributed by atoms with E-state index in [4.69, 9.17) is 10.5 Å². The Kier molecular flexibility index (Phi) is 5.14. The molecule has 2 heterocycles. The molecule has 0 aliphatic heterocycles. The molecule has 3 rings (SSSR count). The Labute approximate surface area is 142 Å². The Balaban J connectivity index is 1.76. The Morgan fingerprint density at radius 2 is 2.44 bits per heavy atom. The molecule has 0 fully saturated rings. The highest BCUT2D eigenvalue weighted by Gasteiger charge is 2.23. The Morgan fingerprint density at radius 3 is 3.12 bits per heavy atom. The number of anilines is 1. The molecule has 11 nitrogen and oxygen atoms in total. The van der Waals surface area contributed by atoms with Crippen molar-refractivity contribution in [3.05, 3.63) is 23.5 Å². The first-order valence-corrected chi connectivity index (χ1v) is 7.71. The van der Waals surface area contributed by atoms with Crippen molar-refractivity contribution < 1.29 is 14.2 Å². The maximum absolute atomic E-state index is 12.3. The second kappa shape index (κ2) is 7.66. The lowest BCUT2D eigenvalue weighted by Gasteiger charge is -2.11. The van der Waals surface area contributed by atoms with E-state index in [1.54, 1.807) is 6.21 Å². The zero-order valence-electron chi connectivity index (χ0n) is 13.6. The van der Waals surface area contributed by atoms with Gasteiger partial charge in [-0.05, 0) is 35.5 Å². The largest absolute Gasteiger partial charge is 0.378 e. The molecular weight excluding hydrogens is 328 g/mol. The van der Waals surface area contributed by atoms with E-state index in [1.165, 1.54) is 11.8 Å². The summed E-state index contributed by atoms with van der Waals surface area (Å²) in [6.45, 7) is 0.0686. The van der Waals surface area contributed by atoms with E-state index in [0.717, 1.165) is 19.3 Å². The Hall–Kier alpha value is -3.08. The lowest BCUT2D eigenvalue weighted by Crippen LogP contribution is -2.21. The van der Waals surface area contributed by atoms with E-state index in [-0.39, 0.29) is 23.9 Å². The van der Waals surface area contributed by atoms with Crippen LogP contribution in [0.3, 0.4) is 0 Å². The van der Waals surface area contributed by atoms with Gasteiger partial charge in [0.15, 0.2) is 5.69 Å².